The van der Waals surface area contributed by atoms with E-state index in [0.717, 1.165) is 77.4 Å². The molecule has 3 heterocycles. The Balaban J connectivity index is 0.000000383. The third kappa shape index (κ3) is 7.68. The molecule has 3 aliphatic rings. The van der Waals surface area contributed by atoms with Crippen LogP contribution in [0.4, 0.5) is 13.2 Å². The van der Waals surface area contributed by atoms with Gasteiger partial charge in [-0.1, -0.05) is 30.3 Å². The van der Waals surface area contributed by atoms with Crippen molar-refractivity contribution in [3.8, 4) is 0 Å². The van der Waals surface area contributed by atoms with Gasteiger partial charge < -0.3 is 19.5 Å². The number of hydrogen-bond acceptors (Lipinski definition) is 5. The molecule has 3 fully saturated rings. The Morgan fingerprint density at radius 2 is 1.79 bits per heavy atom. The molecule has 1 aromatic carbocycles. The molecule has 0 aromatic heterocycles. The average molecular weight is 473 g/mol. The third-order valence-corrected chi connectivity index (χ3v) is 6.24. The van der Waals surface area contributed by atoms with Crippen LogP contribution in [-0.4, -0.2) is 91.1 Å². The molecule has 3 saturated heterocycles. The zero-order chi connectivity index (χ0) is 23.9. The van der Waals surface area contributed by atoms with Crippen molar-refractivity contribution in [3.05, 3.63) is 35.9 Å². The Morgan fingerprint density at radius 3 is 2.42 bits per heavy atom. The molecular formula is C23H31F3N2O5. The number of hydrogen-bond donors (Lipinski definition) is 1. The molecule has 3 aliphatic heterocycles. The highest BCUT2D eigenvalue weighted by molar-refractivity contribution is 5.79. The molecule has 2 atom stereocenters. The second-order valence-corrected chi connectivity index (χ2v) is 8.86. The van der Waals surface area contributed by atoms with Crippen molar-refractivity contribution < 1.29 is 37.3 Å². The van der Waals surface area contributed by atoms with Gasteiger partial charge in [0.05, 0.1) is 31.8 Å². The molecule has 0 aliphatic carbocycles. The normalized spacial score (nSPS) is 26.0. The summed E-state index contributed by atoms with van der Waals surface area (Å²) in [5, 5.41) is 7.12. The predicted octanol–water partition coefficient (Wildman–Crippen LogP) is 2.59. The molecule has 1 N–H and O–H groups in total. The Morgan fingerprint density at radius 1 is 1.12 bits per heavy atom. The van der Waals surface area contributed by atoms with Crippen LogP contribution in [0.15, 0.2) is 30.3 Å². The van der Waals surface area contributed by atoms with Gasteiger partial charge in [0.2, 0.25) is 5.91 Å². The number of halogens is 3. The summed E-state index contributed by atoms with van der Waals surface area (Å²) in [6, 6.07) is 10.0. The predicted molar refractivity (Wildman–Crippen MR) is 114 cm³/mol. The largest absolute Gasteiger partial charge is 0.490 e. The maximum Gasteiger partial charge on any atom is 0.490 e. The summed E-state index contributed by atoms with van der Waals surface area (Å²) in [7, 11) is 0. The lowest BCUT2D eigenvalue weighted by atomic mass is 9.86. The van der Waals surface area contributed by atoms with Crippen molar-refractivity contribution in [3.63, 3.8) is 0 Å². The Hall–Kier alpha value is -2.17. The van der Waals surface area contributed by atoms with Crippen LogP contribution in [0.2, 0.25) is 0 Å². The minimum absolute atomic E-state index is 0.110. The number of amides is 1. The van der Waals surface area contributed by atoms with E-state index >= 15 is 0 Å². The van der Waals surface area contributed by atoms with Crippen molar-refractivity contribution in [1.29, 1.82) is 0 Å². The molecule has 1 amide bonds. The number of alkyl halides is 3. The summed E-state index contributed by atoms with van der Waals surface area (Å²) in [5.74, 6) is -1.94. The number of carboxylic acids is 1. The molecule has 0 bridgehead atoms. The molecule has 10 heteroatoms. The number of carboxylic acid groups (broad SMARTS) is 1. The van der Waals surface area contributed by atoms with Crippen LogP contribution in [0.3, 0.4) is 0 Å². The number of morpholine rings is 1. The minimum atomic E-state index is -5.08. The van der Waals surface area contributed by atoms with E-state index in [1.807, 2.05) is 35.2 Å². The van der Waals surface area contributed by atoms with Crippen LogP contribution in [0, 0.1) is 5.92 Å². The van der Waals surface area contributed by atoms with Gasteiger partial charge in [-0.05, 0) is 30.7 Å². The number of rotatable bonds is 4. The lowest BCUT2D eigenvalue weighted by molar-refractivity contribution is -0.192. The highest BCUT2D eigenvalue weighted by Crippen LogP contribution is 2.38. The number of ether oxygens (including phenoxy) is 2. The van der Waals surface area contributed by atoms with E-state index in [9.17, 15) is 18.0 Å². The van der Waals surface area contributed by atoms with Gasteiger partial charge in [0.1, 0.15) is 0 Å². The topological polar surface area (TPSA) is 79.3 Å². The number of carbonyl (C=O) groups excluding carboxylic acids is 1. The first-order chi connectivity index (χ1) is 15.7. The first-order valence-electron chi connectivity index (χ1n) is 11.2. The van der Waals surface area contributed by atoms with Crippen LogP contribution in [0.5, 0.6) is 0 Å². The maximum atomic E-state index is 12.8. The van der Waals surface area contributed by atoms with Crippen molar-refractivity contribution in [2.24, 2.45) is 5.92 Å². The van der Waals surface area contributed by atoms with E-state index in [-0.39, 0.29) is 11.5 Å². The van der Waals surface area contributed by atoms with Gasteiger partial charge in [0.15, 0.2) is 0 Å². The molecule has 2 unspecified atom stereocenters. The van der Waals surface area contributed by atoms with Gasteiger partial charge in [-0.2, -0.15) is 13.2 Å². The number of piperidine rings is 1. The van der Waals surface area contributed by atoms with E-state index < -0.39 is 12.1 Å². The van der Waals surface area contributed by atoms with E-state index in [1.54, 1.807) is 0 Å². The van der Waals surface area contributed by atoms with Crippen molar-refractivity contribution in [1.82, 2.24) is 9.80 Å². The van der Waals surface area contributed by atoms with Crippen molar-refractivity contribution in [2.45, 2.75) is 37.5 Å². The number of nitrogens with zero attached hydrogens (tertiary/aromatic N) is 2. The van der Waals surface area contributed by atoms with Crippen LogP contribution in [0.25, 0.3) is 0 Å². The monoisotopic (exact) mass is 472 g/mol. The number of carbonyl (C=O) groups is 2. The minimum Gasteiger partial charge on any atom is -0.475 e. The van der Waals surface area contributed by atoms with E-state index in [4.69, 9.17) is 19.4 Å². The molecule has 33 heavy (non-hydrogen) atoms. The second kappa shape index (κ2) is 11.3. The average Bonchev–Trinajstić information content (AvgIpc) is 3.16. The van der Waals surface area contributed by atoms with Crippen LogP contribution in [0.1, 0.15) is 24.8 Å². The van der Waals surface area contributed by atoms with Gasteiger partial charge in [0, 0.05) is 32.7 Å². The van der Waals surface area contributed by atoms with Gasteiger partial charge >= 0.3 is 12.1 Å². The Labute approximate surface area is 191 Å². The van der Waals surface area contributed by atoms with Crippen molar-refractivity contribution >= 4 is 11.9 Å². The number of aliphatic carboxylic acids is 1. The molecule has 1 spiro atoms. The van der Waals surface area contributed by atoms with Gasteiger partial charge in [-0.15, -0.1) is 0 Å². The maximum absolute atomic E-state index is 12.8. The molecule has 184 valence electrons. The highest BCUT2D eigenvalue weighted by atomic mass is 19.4. The van der Waals surface area contributed by atoms with E-state index in [0.29, 0.717) is 12.3 Å². The zero-order valence-electron chi connectivity index (χ0n) is 18.6. The summed E-state index contributed by atoms with van der Waals surface area (Å²) >= 11 is 0. The highest BCUT2D eigenvalue weighted by Gasteiger charge is 2.44. The molecule has 1 aromatic rings. The molecular weight excluding hydrogens is 441 g/mol. The van der Waals surface area contributed by atoms with E-state index in [1.165, 1.54) is 0 Å². The lowest BCUT2D eigenvalue weighted by Gasteiger charge is -2.40. The third-order valence-electron chi connectivity index (χ3n) is 6.24. The van der Waals surface area contributed by atoms with Gasteiger partial charge in [-0.3, -0.25) is 9.69 Å². The molecule has 7 nitrogen and oxygen atoms in total. The summed E-state index contributed by atoms with van der Waals surface area (Å²) in [6.07, 6.45) is -1.37. The first kappa shape index (κ1) is 25.5. The van der Waals surface area contributed by atoms with Crippen LogP contribution in [-0.2, 0) is 25.5 Å². The number of benzene rings is 1. The van der Waals surface area contributed by atoms with E-state index in [2.05, 4.69) is 4.90 Å². The number of likely N-dealkylation sites (tertiary alicyclic amines) is 1. The summed E-state index contributed by atoms with van der Waals surface area (Å²) in [6.45, 7) is 7.32. The fourth-order valence-electron chi connectivity index (χ4n) is 4.68. The summed E-state index contributed by atoms with van der Waals surface area (Å²) in [4.78, 5) is 26.2. The fourth-order valence-corrected chi connectivity index (χ4v) is 4.68. The second-order valence-electron chi connectivity index (χ2n) is 8.86. The Kier molecular flexibility index (Phi) is 8.72. The standard InChI is InChI=1S/C21H30N2O3.C2HF3O2/c24-20(13-18-5-2-1-3-6-18)23-8-4-7-21(17-23)14-19(16-26-21)15-22-9-11-25-12-10-22;3-2(4,5)1(6)7/h1-3,5-6,19H,4,7-17H2;(H,6,7). The fraction of sp³-hybridized carbons (Fsp3) is 0.652. The quantitative estimate of drug-likeness (QED) is 0.726. The summed E-state index contributed by atoms with van der Waals surface area (Å²) < 4.78 is 43.5. The van der Waals surface area contributed by atoms with Gasteiger partial charge in [0.25, 0.3) is 0 Å². The summed E-state index contributed by atoms with van der Waals surface area (Å²) in [5.41, 5.74) is 0.983. The zero-order valence-corrected chi connectivity index (χ0v) is 18.6. The smallest absolute Gasteiger partial charge is 0.475 e. The SMILES string of the molecule is O=C(Cc1ccccc1)N1CCCC2(CC(CN3CCOCC3)CO2)C1.O=C(O)C(F)(F)F. The van der Waals surface area contributed by atoms with Crippen LogP contribution >= 0.6 is 0 Å². The first-order valence-corrected chi connectivity index (χ1v) is 11.2. The lowest BCUT2D eigenvalue weighted by Crippen LogP contribution is -2.50. The molecule has 0 saturated carbocycles. The van der Waals surface area contributed by atoms with Crippen molar-refractivity contribution in [2.75, 3.05) is 52.5 Å². The molecule has 0 radical (unpaired) electrons. The van der Waals surface area contributed by atoms with Crippen LogP contribution < -0.4 is 0 Å². The van der Waals surface area contributed by atoms with Gasteiger partial charge in [-0.25, -0.2) is 4.79 Å². The Bertz CT molecular complexity index is 786. The molecule has 4 rings (SSSR count).